The largest absolute Gasteiger partial charge is 0.453 e. The van der Waals surface area contributed by atoms with Crippen LogP contribution in [0.25, 0.3) is 32.6 Å². The summed E-state index contributed by atoms with van der Waals surface area (Å²) in [6.45, 7) is 3.88. The van der Waals surface area contributed by atoms with Gasteiger partial charge in [0.15, 0.2) is 0 Å². The molecule has 5 aromatic rings. The topological polar surface area (TPSA) is 112 Å². The molecule has 4 fully saturated rings. The van der Waals surface area contributed by atoms with Crippen molar-refractivity contribution in [2.24, 2.45) is 22.7 Å². The molecular weight excluding hydrogens is 637 g/mol. The highest BCUT2D eigenvalue weighted by Gasteiger charge is 2.56. The van der Waals surface area contributed by atoms with Crippen molar-refractivity contribution >= 4 is 56.0 Å². The van der Waals surface area contributed by atoms with Gasteiger partial charge >= 0.3 is 6.09 Å². The molecule has 3 N–H and O–H groups in total. The van der Waals surface area contributed by atoms with E-state index in [-0.39, 0.29) is 23.9 Å². The fraction of sp³-hybridized carbons (Fsp3) is 0.381. The first-order valence-electron chi connectivity index (χ1n) is 18.3. The van der Waals surface area contributed by atoms with Crippen molar-refractivity contribution < 1.29 is 14.3 Å². The van der Waals surface area contributed by atoms with Crippen LogP contribution in [0.1, 0.15) is 68.1 Å². The lowest BCUT2D eigenvalue weighted by Crippen LogP contribution is -2.52. The number of aromatic nitrogens is 2. The lowest BCUT2D eigenvalue weighted by Gasteiger charge is -2.31. The first kappa shape index (κ1) is 30.6. The molecule has 10 rings (SSSR count). The molecule has 7 atom stereocenters. The van der Waals surface area contributed by atoms with Crippen molar-refractivity contribution in [3.05, 3.63) is 83.2 Å². The Kier molecular flexibility index (Phi) is 6.85. The molecule has 4 aromatic carbocycles. The molecule has 51 heavy (non-hydrogen) atoms. The van der Waals surface area contributed by atoms with E-state index in [9.17, 15) is 9.59 Å². The number of amides is 2. The second kappa shape index (κ2) is 11.4. The fourth-order valence-electron chi connectivity index (χ4n) is 8.98. The van der Waals surface area contributed by atoms with Crippen LogP contribution in [0, 0.1) is 29.6 Å². The first-order chi connectivity index (χ1) is 24.8. The summed E-state index contributed by atoms with van der Waals surface area (Å²) in [5.41, 5.74) is 7.51. The number of alkyl carbamates (subject to hydrolysis) is 1. The van der Waals surface area contributed by atoms with Crippen LogP contribution in [0.15, 0.2) is 65.7 Å². The number of H-pyrrole nitrogens is 1. The third kappa shape index (κ3) is 5.19. The smallest absolute Gasteiger partial charge is 0.407 e. The normalized spacial score (nSPS) is 26.0. The second-order valence-corrected chi connectivity index (χ2v) is 15.5. The molecule has 0 bridgehead atoms. The van der Waals surface area contributed by atoms with E-state index in [1.807, 2.05) is 18.7 Å². The van der Waals surface area contributed by atoms with Crippen LogP contribution >= 0.6 is 0 Å². The van der Waals surface area contributed by atoms with Gasteiger partial charge in [0.1, 0.15) is 11.9 Å². The maximum Gasteiger partial charge on any atom is 0.407 e. The molecule has 0 radical (unpaired) electrons. The molecule has 9 nitrogen and oxygen atoms in total. The minimum absolute atomic E-state index is 0.0784. The number of hydrogen-bond donors (Lipinski definition) is 3. The predicted octanol–water partition coefficient (Wildman–Crippen LogP) is 6.69. The van der Waals surface area contributed by atoms with Crippen molar-refractivity contribution in [3.8, 4) is 11.8 Å². The Bertz CT molecular complexity index is 2390. The lowest BCUT2D eigenvalue weighted by molar-refractivity contribution is -0.136. The second-order valence-electron chi connectivity index (χ2n) is 15.5. The van der Waals surface area contributed by atoms with Gasteiger partial charge in [-0.1, -0.05) is 50.0 Å². The number of methoxy groups -OCH3 is 1. The minimum atomic E-state index is -0.661. The van der Waals surface area contributed by atoms with E-state index in [4.69, 9.17) is 14.7 Å². The van der Waals surface area contributed by atoms with Crippen molar-refractivity contribution in [2.75, 3.05) is 7.11 Å². The third-order valence-corrected chi connectivity index (χ3v) is 11.9. The van der Waals surface area contributed by atoms with Crippen molar-refractivity contribution in [2.45, 2.75) is 76.2 Å². The van der Waals surface area contributed by atoms with Crippen molar-refractivity contribution in [3.63, 3.8) is 0 Å². The average molecular weight is 677 g/mol. The van der Waals surface area contributed by atoms with E-state index in [0.29, 0.717) is 12.0 Å². The summed E-state index contributed by atoms with van der Waals surface area (Å²) in [6, 6.07) is 21.8. The van der Waals surface area contributed by atoms with Crippen LogP contribution in [0.3, 0.4) is 0 Å². The van der Waals surface area contributed by atoms with Crippen LogP contribution in [0.4, 0.5) is 10.5 Å². The first-order valence-corrected chi connectivity index (χ1v) is 18.3. The molecule has 4 heterocycles. The lowest BCUT2D eigenvalue weighted by atomic mass is 9.96. The minimum Gasteiger partial charge on any atom is -0.453 e. The van der Waals surface area contributed by atoms with Gasteiger partial charge in [0.2, 0.25) is 5.91 Å². The van der Waals surface area contributed by atoms with Crippen LogP contribution in [0.2, 0.25) is 0 Å². The van der Waals surface area contributed by atoms with E-state index < -0.39 is 12.1 Å². The molecule has 5 aliphatic rings. The molecule has 0 unspecified atom stereocenters. The Labute approximate surface area is 296 Å². The Hall–Kier alpha value is -5.20. The molecule has 9 heteroatoms. The molecule has 0 spiro atoms. The van der Waals surface area contributed by atoms with Gasteiger partial charge in [0, 0.05) is 46.8 Å². The number of carbonyl (C=O) groups is 2. The highest BCUT2D eigenvalue weighted by atomic mass is 16.5. The van der Waals surface area contributed by atoms with Gasteiger partial charge in [0.05, 0.1) is 29.9 Å². The Morgan fingerprint density at radius 1 is 0.922 bits per heavy atom. The van der Waals surface area contributed by atoms with Crippen LogP contribution in [-0.4, -0.2) is 63.9 Å². The summed E-state index contributed by atoms with van der Waals surface area (Å²) in [6.07, 6.45) is 4.76. The Morgan fingerprint density at radius 3 is 2.43 bits per heavy atom. The summed E-state index contributed by atoms with van der Waals surface area (Å²) < 4.78 is 4.81. The van der Waals surface area contributed by atoms with Crippen LogP contribution < -0.4 is 10.6 Å². The molecule has 2 amide bonds. The highest BCUT2D eigenvalue weighted by molar-refractivity contribution is 6.05. The van der Waals surface area contributed by atoms with E-state index in [1.54, 1.807) is 0 Å². The van der Waals surface area contributed by atoms with Gasteiger partial charge in [0.25, 0.3) is 0 Å². The molecule has 256 valence electrons. The standard InChI is InChI=1S/C42H40N6O3/c1-21(2)38(47-42(50)51-3)41(49)48-36-18-27(36)19-37(48)40-45-32-13-9-25-15-23(7-11-29(25)39(32)46-40)5-4-22-6-10-28-24(14-22)8-12-31-30(28)20-35(43-31)34-17-26-16-33(26)44-34/h6-15,21,26-27,33-34,36-38,44H,16-20H2,1-3H3,(H,45,46)(H,47,50)/t26-,27-,33-,34+,36-,37+,38+/m1/s1. The molecule has 2 aliphatic carbocycles. The SMILES string of the molecule is COC(=O)N[C@H](C(=O)N1[C@@H]2C[C@@H]2C[C@H]1c1nc2c(ccc3cc(C#Cc4ccc5c6c(ccc5c4)N=C([C@@H]4C[C@H]5C[C@H]5N4)C6)ccc32)[nH]1)C(C)C. The average Bonchev–Trinajstić information content (AvgIpc) is 3.74. The van der Waals surface area contributed by atoms with Gasteiger partial charge < -0.3 is 25.3 Å². The summed E-state index contributed by atoms with van der Waals surface area (Å²) in [5, 5.41) is 11.1. The Balaban J connectivity index is 0.891. The van der Waals surface area contributed by atoms with Gasteiger partial charge in [-0.25, -0.2) is 9.78 Å². The maximum absolute atomic E-state index is 13.9. The zero-order valence-corrected chi connectivity index (χ0v) is 29.0. The van der Waals surface area contributed by atoms with Gasteiger partial charge in [-0.15, -0.1) is 0 Å². The van der Waals surface area contributed by atoms with Gasteiger partial charge in [-0.2, -0.15) is 0 Å². The van der Waals surface area contributed by atoms with E-state index in [1.165, 1.54) is 42.0 Å². The van der Waals surface area contributed by atoms with Crippen LogP contribution in [0.5, 0.6) is 0 Å². The maximum atomic E-state index is 13.9. The molecular formula is C42H40N6O3. The number of hydrogen-bond acceptors (Lipinski definition) is 6. The number of likely N-dealkylation sites (tertiary alicyclic amines) is 1. The number of nitrogens with one attached hydrogen (secondary N) is 3. The number of aromatic amines is 1. The summed E-state index contributed by atoms with van der Waals surface area (Å²) >= 11 is 0. The number of aliphatic imine (C=N–C) groups is 1. The third-order valence-electron chi connectivity index (χ3n) is 11.9. The van der Waals surface area contributed by atoms with E-state index >= 15 is 0 Å². The van der Waals surface area contributed by atoms with Gasteiger partial charge in [-0.05, 0) is 102 Å². The zero-order chi connectivity index (χ0) is 34.5. The predicted molar refractivity (Wildman–Crippen MR) is 198 cm³/mol. The quantitative estimate of drug-likeness (QED) is 0.180. The molecule has 1 aromatic heterocycles. The number of benzene rings is 4. The van der Waals surface area contributed by atoms with Crippen molar-refractivity contribution in [1.29, 1.82) is 0 Å². The van der Waals surface area contributed by atoms with E-state index in [0.717, 1.165) is 75.7 Å². The van der Waals surface area contributed by atoms with Gasteiger partial charge in [-0.3, -0.25) is 9.79 Å². The number of piperidine rings is 2. The number of rotatable bonds is 5. The van der Waals surface area contributed by atoms with E-state index in [2.05, 4.69) is 88.1 Å². The summed E-state index contributed by atoms with van der Waals surface area (Å²) in [4.78, 5) is 41.5. The number of carbonyl (C=O) groups excluding carboxylic acids is 2. The highest BCUT2D eigenvalue weighted by Crippen LogP contribution is 2.53. The molecule has 2 saturated carbocycles. The Morgan fingerprint density at radius 2 is 1.69 bits per heavy atom. The van der Waals surface area contributed by atoms with Crippen molar-refractivity contribution in [1.82, 2.24) is 25.5 Å². The summed E-state index contributed by atoms with van der Waals surface area (Å²) in [5.74, 6) is 8.75. The fourth-order valence-corrected chi connectivity index (χ4v) is 8.98. The number of nitrogens with zero attached hydrogens (tertiary/aromatic N) is 3. The van der Waals surface area contributed by atoms with Crippen LogP contribution in [-0.2, 0) is 16.0 Å². The molecule has 3 aliphatic heterocycles. The summed E-state index contributed by atoms with van der Waals surface area (Å²) in [7, 11) is 1.32. The molecule has 2 saturated heterocycles. The number of imidazole rings is 1. The monoisotopic (exact) mass is 676 g/mol. The zero-order valence-electron chi connectivity index (χ0n) is 29.0. The number of ether oxygens (including phenoxy) is 1. The number of fused-ring (bicyclic) bond motifs is 8.